The van der Waals surface area contributed by atoms with Crippen molar-refractivity contribution in [2.75, 3.05) is 200 Å². The lowest BCUT2D eigenvalue weighted by Gasteiger charge is -2.33. The quantitative estimate of drug-likeness (QED) is 0.0363. The molecule has 0 aliphatic carbocycles. The largest absolute Gasteiger partial charge is 0.494 e. The van der Waals surface area contributed by atoms with Gasteiger partial charge >= 0.3 is 21.1 Å². The summed E-state index contributed by atoms with van der Waals surface area (Å²) >= 11 is 22.6. The molecule has 111 heavy (non-hydrogen) atoms. The molecule has 5 aromatic carbocycles. The van der Waals surface area contributed by atoms with E-state index in [0.717, 1.165) is 101 Å². The van der Waals surface area contributed by atoms with Crippen LogP contribution in [0.2, 0.25) is 0 Å². The van der Waals surface area contributed by atoms with E-state index in [9.17, 15) is 0 Å². The number of rotatable bonds is 23. The highest BCUT2D eigenvalue weighted by Crippen LogP contribution is 2.43. The molecule has 0 aromatic heterocycles. The molecule has 6 saturated heterocycles. The Kier molecular flexibility index (Phi) is 47.3. The van der Waals surface area contributed by atoms with E-state index in [1.165, 1.54) is 99.8 Å². The minimum atomic E-state index is -0.476. The molecule has 0 amide bonds. The molecule has 11 rings (SSSR count). The Morgan fingerprint density at radius 1 is 0.405 bits per heavy atom. The molecule has 0 atom stereocenters. The van der Waals surface area contributed by atoms with Crippen LogP contribution in [-0.2, 0) is 59.4 Å². The standard InChI is InChI=1S/C21H36BN3O2.C15H24BrN3.C12H24B2O4.C10H13BrClN.C10H14BrNO.C7H6Br2.C5H12N2.C3H9NO/c1-20(2)21(3,4)27-22(26-20)19-9-7-18(8-10-19)17-24(6)13-16-25-14-11-23(5)12-15-25;1-17-7-10-19(11-8-17)12-9-18(2)13-14-3-5-15(16)6-4-14;1-9(2)10(3,4)16-13(15-9)14-17-11(5,6)12(7,8)18-14;1-13(7-6-12)8-9-2-4-10(11)5-3-9;1-12(6-7-13)8-9-2-4-10(11)5-3-9;8-5-6-1-3-7(9)4-2-6;1-7-4-2-6-3-5-7;1-4-2-3-5/h7-10H,11-17H2,1-6H3;3-6H,7-13H2,1-2H3;1-8H3;2-5H,6-8H2,1H3;2-5,13H,6-8H2,1H3;1-4H,5H2;6H,2-5H2,1H3;4-5H,2-3H2,1H3. The van der Waals surface area contributed by atoms with Gasteiger partial charge in [-0.05, 0) is 221 Å². The van der Waals surface area contributed by atoms with Crippen LogP contribution < -0.4 is 16.1 Å². The van der Waals surface area contributed by atoms with Crippen LogP contribution in [0, 0.1) is 0 Å². The van der Waals surface area contributed by atoms with Crippen molar-refractivity contribution in [3.05, 3.63) is 167 Å². The maximum Gasteiger partial charge on any atom is 0.494 e. The normalized spacial score (nSPS) is 19.2. The maximum absolute atomic E-state index is 8.71. The molecule has 19 nitrogen and oxygen atoms in total. The number of hydrogen-bond acceptors (Lipinski definition) is 19. The first kappa shape index (κ1) is 102. The number of nitrogens with one attached hydrogen (secondary N) is 2. The van der Waals surface area contributed by atoms with Gasteiger partial charge in [0.1, 0.15) is 0 Å². The molecule has 0 radical (unpaired) electrons. The molecule has 0 saturated carbocycles. The van der Waals surface area contributed by atoms with Gasteiger partial charge in [0.15, 0.2) is 0 Å². The predicted molar refractivity (Wildman–Crippen MR) is 486 cm³/mol. The van der Waals surface area contributed by atoms with E-state index in [1.54, 1.807) is 7.05 Å². The van der Waals surface area contributed by atoms with Crippen molar-refractivity contribution in [2.45, 2.75) is 148 Å². The van der Waals surface area contributed by atoms with Gasteiger partial charge in [-0.3, -0.25) is 14.7 Å². The summed E-state index contributed by atoms with van der Waals surface area (Å²) in [5.74, 6) is 0.688. The number of piperazine rings is 3. The van der Waals surface area contributed by atoms with Gasteiger partial charge in [-0.2, -0.15) is 0 Å². The lowest BCUT2D eigenvalue weighted by molar-refractivity contribution is 0.00578. The van der Waals surface area contributed by atoms with Crippen molar-refractivity contribution in [2.24, 2.45) is 0 Å². The molecule has 6 aliphatic rings. The van der Waals surface area contributed by atoms with Crippen molar-refractivity contribution < 1.29 is 38.1 Å². The van der Waals surface area contributed by atoms with Crippen LogP contribution in [-0.4, -0.2) is 309 Å². The van der Waals surface area contributed by atoms with Gasteiger partial charge in [0.05, 0.1) is 46.8 Å². The lowest BCUT2D eigenvalue weighted by Crippen LogP contribution is -2.46. The monoisotopic (exact) mass is 1880 g/mol. The number of nitrogens with zero attached hydrogens (tertiary/aromatic N) is 9. The van der Waals surface area contributed by atoms with Crippen LogP contribution in [0.3, 0.4) is 0 Å². The maximum atomic E-state index is 8.71. The van der Waals surface area contributed by atoms with Gasteiger partial charge in [-0.15, -0.1) is 11.6 Å². The van der Waals surface area contributed by atoms with Crippen molar-refractivity contribution >= 4 is 118 Å². The van der Waals surface area contributed by atoms with Crippen LogP contribution in [0.4, 0.5) is 0 Å². The highest BCUT2D eigenvalue weighted by molar-refractivity contribution is 9.11. The van der Waals surface area contributed by atoms with Crippen LogP contribution >= 0.6 is 91.3 Å². The van der Waals surface area contributed by atoms with Crippen molar-refractivity contribution in [3.8, 4) is 0 Å². The van der Waals surface area contributed by atoms with E-state index in [-0.39, 0.29) is 53.9 Å². The minimum Gasteiger partial charge on any atom is -0.405 e. The smallest absolute Gasteiger partial charge is 0.405 e. The van der Waals surface area contributed by atoms with E-state index in [0.29, 0.717) is 12.4 Å². The molecule has 0 spiro atoms. The lowest BCUT2D eigenvalue weighted by atomic mass is 9.49. The van der Waals surface area contributed by atoms with Crippen LogP contribution in [0.15, 0.2) is 139 Å². The van der Waals surface area contributed by atoms with Crippen molar-refractivity contribution in [1.82, 2.24) is 54.7 Å². The Labute approximate surface area is 720 Å². The number of likely N-dealkylation sites (N-methyl/N-ethyl adjacent to an activating group) is 7. The van der Waals surface area contributed by atoms with Gasteiger partial charge < -0.3 is 78.2 Å². The second-order valence-corrected chi connectivity index (χ2v) is 37.4. The van der Waals surface area contributed by atoms with E-state index in [2.05, 4.69) is 301 Å². The summed E-state index contributed by atoms with van der Waals surface area (Å²) in [5, 5.41) is 23.7. The average Bonchev–Trinajstić information content (AvgIpc) is 1.60. The van der Waals surface area contributed by atoms with Crippen LogP contribution in [0.1, 0.15) is 111 Å². The zero-order valence-corrected chi connectivity index (χ0v) is 79.7. The van der Waals surface area contributed by atoms with Crippen LogP contribution in [0.25, 0.3) is 0 Å². The first-order chi connectivity index (χ1) is 52.2. The average molecular weight is 1890 g/mol. The summed E-state index contributed by atoms with van der Waals surface area (Å²) in [5.41, 5.74) is 5.66. The van der Waals surface area contributed by atoms with Gasteiger partial charge in [-0.25, -0.2) is 0 Å². The third-order valence-electron chi connectivity index (χ3n) is 21.3. The Bertz CT molecular complexity index is 3140. The molecular formula is C83H138B3Br5ClN11O8. The van der Waals surface area contributed by atoms with E-state index < -0.39 is 14.0 Å². The number of aliphatic hydroxyl groups excluding tert-OH is 2. The summed E-state index contributed by atoms with van der Waals surface area (Å²) in [6.07, 6.45) is 0. The molecule has 6 fully saturated rings. The number of alkyl halides is 2. The van der Waals surface area contributed by atoms with Gasteiger partial charge in [0.2, 0.25) is 0 Å². The molecule has 624 valence electrons. The molecular weight excluding hydrogens is 1750 g/mol. The van der Waals surface area contributed by atoms with E-state index >= 15 is 0 Å². The topological polar surface area (TPSA) is 149 Å². The van der Waals surface area contributed by atoms with Crippen LogP contribution in [0.5, 0.6) is 0 Å². The summed E-state index contributed by atoms with van der Waals surface area (Å²) in [4.78, 5) is 21.4. The van der Waals surface area contributed by atoms with Crippen molar-refractivity contribution in [1.29, 1.82) is 0 Å². The van der Waals surface area contributed by atoms with Gasteiger partial charge in [-0.1, -0.05) is 152 Å². The van der Waals surface area contributed by atoms with Gasteiger partial charge in [0, 0.05) is 180 Å². The number of hydrogen-bond donors (Lipinski definition) is 4. The van der Waals surface area contributed by atoms with E-state index in [4.69, 9.17) is 49.7 Å². The number of benzene rings is 5. The Morgan fingerprint density at radius 3 is 0.946 bits per heavy atom. The second-order valence-electron chi connectivity index (χ2n) is 32.8. The summed E-state index contributed by atoms with van der Waals surface area (Å²) in [6.45, 7) is 50.1. The predicted octanol–water partition coefficient (Wildman–Crippen LogP) is 13.1. The molecule has 28 heteroatoms. The first-order valence-corrected chi connectivity index (χ1v) is 44.2. The first-order valence-electron chi connectivity index (χ1n) is 39.3. The fourth-order valence-electron chi connectivity index (χ4n) is 11.6. The summed E-state index contributed by atoms with van der Waals surface area (Å²) in [7, 11) is 15.6. The Hall–Kier alpha value is -1.78. The third-order valence-corrected chi connectivity index (χ3v) is 24.3. The van der Waals surface area contributed by atoms with Crippen molar-refractivity contribution in [3.63, 3.8) is 0 Å². The Balaban J connectivity index is 0.000000279. The molecule has 0 unspecified atom stereocenters. The van der Waals surface area contributed by atoms with Gasteiger partial charge in [0.25, 0.3) is 0 Å². The molecule has 0 bridgehead atoms. The summed E-state index contributed by atoms with van der Waals surface area (Å²) in [6, 6.07) is 42.1. The molecule has 6 aliphatic heterocycles. The third kappa shape index (κ3) is 38.9. The molecule has 5 aromatic rings. The molecule has 6 heterocycles. The molecule has 4 N–H and O–H groups in total. The SMILES string of the molecule is BrCc1ccc(Br)cc1.CC1(C)OB(B2OC(C)(C)C(C)(C)O2)OC1(C)C.CN(CCCl)Cc1ccc(Br)cc1.CN(CCO)Cc1ccc(Br)cc1.CN1CCN(CCN(C)Cc2ccc(B3OC(C)(C)C(C)(C)O3)cc2)CC1.CN1CCN(CCN(C)Cc2ccc(Br)cc2)CC1.CN1CCNCC1.CNCCO. The fraction of sp³-hybridized carbons (Fsp3) is 0.639. The number of halogens is 6. The number of aliphatic hydroxyl groups is 2. The zero-order valence-electron chi connectivity index (χ0n) is 71.0. The summed E-state index contributed by atoms with van der Waals surface area (Å²) < 4.78 is 40.6. The highest BCUT2D eigenvalue weighted by atomic mass is 79.9. The fourth-order valence-corrected chi connectivity index (χ4v) is 13.4. The highest BCUT2D eigenvalue weighted by Gasteiger charge is 2.64. The Morgan fingerprint density at radius 2 is 0.685 bits per heavy atom. The minimum absolute atomic E-state index is 0.215. The zero-order chi connectivity index (χ0) is 82.6. The van der Waals surface area contributed by atoms with E-state index in [1.807, 2.05) is 86.7 Å². The second kappa shape index (κ2) is 51.6.